The third-order valence-electron chi connectivity index (χ3n) is 4.12. The molecule has 138 valence electrons. The van der Waals surface area contributed by atoms with Gasteiger partial charge in [-0.2, -0.15) is 10.2 Å². The van der Waals surface area contributed by atoms with Gasteiger partial charge in [0.2, 0.25) is 0 Å². The van der Waals surface area contributed by atoms with E-state index in [2.05, 4.69) is 53.6 Å². The SMILES string of the molecule is CC(C)(C)c1ccc(/C=N/NC(=O)c2cc(-c3ccc(Cl)cc3)n[nH]2)cc1. The number of carbonyl (C=O) groups is 1. The Morgan fingerprint density at radius 1 is 1.11 bits per heavy atom. The van der Waals surface area contributed by atoms with Crippen LogP contribution in [0.5, 0.6) is 0 Å². The highest BCUT2D eigenvalue weighted by atomic mass is 35.5. The molecule has 0 aliphatic heterocycles. The van der Waals surface area contributed by atoms with Gasteiger partial charge in [0.15, 0.2) is 0 Å². The van der Waals surface area contributed by atoms with Crippen molar-refractivity contribution >= 4 is 23.7 Å². The topological polar surface area (TPSA) is 70.1 Å². The molecule has 0 bridgehead atoms. The monoisotopic (exact) mass is 380 g/mol. The Morgan fingerprint density at radius 2 is 1.78 bits per heavy atom. The first kappa shape index (κ1) is 18.9. The molecule has 6 heteroatoms. The number of hydrazone groups is 1. The number of hydrogen-bond acceptors (Lipinski definition) is 3. The quantitative estimate of drug-likeness (QED) is 0.504. The van der Waals surface area contributed by atoms with Crippen molar-refractivity contribution in [3.8, 4) is 11.3 Å². The lowest BCUT2D eigenvalue weighted by Gasteiger charge is -2.18. The molecule has 1 aromatic heterocycles. The van der Waals surface area contributed by atoms with Crippen LogP contribution in [-0.2, 0) is 5.41 Å². The molecule has 3 aromatic rings. The van der Waals surface area contributed by atoms with E-state index in [1.165, 1.54) is 5.56 Å². The number of H-pyrrole nitrogens is 1. The lowest BCUT2D eigenvalue weighted by Crippen LogP contribution is -2.18. The molecule has 0 radical (unpaired) electrons. The van der Waals surface area contributed by atoms with Crippen LogP contribution in [0.2, 0.25) is 5.02 Å². The first-order valence-corrected chi connectivity index (χ1v) is 8.96. The molecule has 27 heavy (non-hydrogen) atoms. The Balaban J connectivity index is 1.62. The highest BCUT2D eigenvalue weighted by Crippen LogP contribution is 2.22. The minimum Gasteiger partial charge on any atom is -0.272 e. The summed E-state index contributed by atoms with van der Waals surface area (Å²) < 4.78 is 0. The highest BCUT2D eigenvalue weighted by molar-refractivity contribution is 6.30. The van der Waals surface area contributed by atoms with E-state index < -0.39 is 0 Å². The number of benzene rings is 2. The number of halogens is 1. The first-order chi connectivity index (χ1) is 12.8. The molecular weight excluding hydrogens is 360 g/mol. The van der Waals surface area contributed by atoms with E-state index >= 15 is 0 Å². The van der Waals surface area contributed by atoms with E-state index in [4.69, 9.17) is 11.6 Å². The van der Waals surface area contributed by atoms with E-state index in [1.54, 1.807) is 24.4 Å². The van der Waals surface area contributed by atoms with Crippen molar-refractivity contribution in [1.82, 2.24) is 15.6 Å². The van der Waals surface area contributed by atoms with Gasteiger partial charge in [-0.1, -0.05) is 68.8 Å². The fraction of sp³-hybridized carbons (Fsp3) is 0.190. The predicted octanol–water partition coefficient (Wildman–Crippen LogP) is 4.79. The average Bonchev–Trinajstić information content (AvgIpc) is 3.12. The summed E-state index contributed by atoms with van der Waals surface area (Å²) >= 11 is 5.89. The number of rotatable bonds is 4. The van der Waals surface area contributed by atoms with Gasteiger partial charge in [-0.05, 0) is 34.7 Å². The Bertz CT molecular complexity index is 951. The van der Waals surface area contributed by atoms with E-state index in [0.717, 1.165) is 11.1 Å². The second-order valence-corrected chi connectivity index (χ2v) is 7.68. The van der Waals surface area contributed by atoms with Crippen LogP contribution < -0.4 is 5.43 Å². The minimum atomic E-state index is -0.356. The molecule has 2 aromatic carbocycles. The van der Waals surface area contributed by atoms with Gasteiger partial charge < -0.3 is 0 Å². The summed E-state index contributed by atoms with van der Waals surface area (Å²) in [6, 6.07) is 17.0. The Labute approximate surface area is 163 Å². The molecule has 2 N–H and O–H groups in total. The van der Waals surface area contributed by atoms with Crippen molar-refractivity contribution in [3.05, 3.63) is 76.4 Å². The summed E-state index contributed by atoms with van der Waals surface area (Å²) in [4.78, 5) is 12.2. The maximum Gasteiger partial charge on any atom is 0.289 e. The maximum atomic E-state index is 12.2. The summed E-state index contributed by atoms with van der Waals surface area (Å²) in [6.45, 7) is 6.50. The van der Waals surface area contributed by atoms with E-state index in [1.807, 2.05) is 24.3 Å². The van der Waals surface area contributed by atoms with Crippen LogP contribution in [0.4, 0.5) is 0 Å². The van der Waals surface area contributed by atoms with Crippen LogP contribution in [0.15, 0.2) is 59.7 Å². The van der Waals surface area contributed by atoms with Crippen molar-refractivity contribution in [1.29, 1.82) is 0 Å². The van der Waals surface area contributed by atoms with Crippen LogP contribution in [0, 0.1) is 0 Å². The molecule has 0 saturated heterocycles. The van der Waals surface area contributed by atoms with Gasteiger partial charge in [-0.3, -0.25) is 9.89 Å². The largest absolute Gasteiger partial charge is 0.289 e. The summed E-state index contributed by atoms with van der Waals surface area (Å²) in [5.41, 5.74) is 6.64. The molecular formula is C21H21ClN4O. The summed E-state index contributed by atoms with van der Waals surface area (Å²) in [7, 11) is 0. The third-order valence-corrected chi connectivity index (χ3v) is 4.37. The highest BCUT2D eigenvalue weighted by Gasteiger charge is 2.13. The van der Waals surface area contributed by atoms with Gasteiger partial charge in [0.05, 0.1) is 11.9 Å². The molecule has 0 spiro atoms. The summed E-state index contributed by atoms with van der Waals surface area (Å²) in [5.74, 6) is -0.356. The second kappa shape index (κ2) is 7.76. The van der Waals surface area contributed by atoms with Crippen molar-refractivity contribution in [2.24, 2.45) is 5.10 Å². The third kappa shape index (κ3) is 4.83. The molecule has 5 nitrogen and oxygen atoms in total. The van der Waals surface area contributed by atoms with Gasteiger partial charge in [0.1, 0.15) is 5.69 Å². The van der Waals surface area contributed by atoms with Crippen LogP contribution in [-0.4, -0.2) is 22.3 Å². The number of nitrogens with one attached hydrogen (secondary N) is 2. The van der Waals surface area contributed by atoms with E-state index in [-0.39, 0.29) is 11.3 Å². The number of nitrogens with zero attached hydrogens (tertiary/aromatic N) is 2. The molecule has 0 unspecified atom stereocenters. The Hall–Kier alpha value is -2.92. The molecule has 1 heterocycles. The zero-order valence-electron chi connectivity index (χ0n) is 15.5. The Kier molecular flexibility index (Phi) is 5.42. The van der Waals surface area contributed by atoms with Crippen molar-refractivity contribution in [3.63, 3.8) is 0 Å². The molecule has 0 fully saturated rings. The number of aromatic amines is 1. The molecule has 0 aliphatic rings. The van der Waals surface area contributed by atoms with E-state index in [9.17, 15) is 4.79 Å². The minimum absolute atomic E-state index is 0.103. The number of hydrogen-bond donors (Lipinski definition) is 2. The molecule has 0 atom stereocenters. The lowest BCUT2D eigenvalue weighted by molar-refractivity contribution is 0.0950. The van der Waals surface area contributed by atoms with Gasteiger partial charge in [0, 0.05) is 10.6 Å². The van der Waals surface area contributed by atoms with Crippen LogP contribution in [0.1, 0.15) is 42.4 Å². The van der Waals surface area contributed by atoms with Crippen LogP contribution >= 0.6 is 11.6 Å². The Morgan fingerprint density at radius 3 is 2.41 bits per heavy atom. The fourth-order valence-corrected chi connectivity index (χ4v) is 2.63. The van der Waals surface area contributed by atoms with Crippen molar-refractivity contribution in [2.45, 2.75) is 26.2 Å². The zero-order valence-corrected chi connectivity index (χ0v) is 16.2. The molecule has 1 amide bonds. The van der Waals surface area contributed by atoms with Crippen molar-refractivity contribution in [2.75, 3.05) is 0 Å². The smallest absolute Gasteiger partial charge is 0.272 e. The number of amides is 1. The maximum absolute atomic E-state index is 12.2. The number of carbonyl (C=O) groups excluding carboxylic acids is 1. The molecule has 0 saturated carbocycles. The van der Waals surface area contributed by atoms with Gasteiger partial charge in [-0.15, -0.1) is 0 Å². The van der Waals surface area contributed by atoms with Crippen molar-refractivity contribution < 1.29 is 4.79 Å². The van der Waals surface area contributed by atoms with Gasteiger partial charge >= 0.3 is 0 Å². The van der Waals surface area contributed by atoms with Gasteiger partial charge in [0.25, 0.3) is 5.91 Å². The summed E-state index contributed by atoms with van der Waals surface area (Å²) in [6.07, 6.45) is 1.61. The fourth-order valence-electron chi connectivity index (χ4n) is 2.50. The number of aromatic nitrogens is 2. The molecule has 0 aliphatic carbocycles. The first-order valence-electron chi connectivity index (χ1n) is 8.58. The normalized spacial score (nSPS) is 11.7. The second-order valence-electron chi connectivity index (χ2n) is 7.24. The van der Waals surface area contributed by atoms with E-state index in [0.29, 0.717) is 16.4 Å². The van der Waals surface area contributed by atoms with Gasteiger partial charge in [-0.25, -0.2) is 5.43 Å². The lowest BCUT2D eigenvalue weighted by atomic mass is 9.87. The average molecular weight is 381 g/mol. The molecule has 3 rings (SSSR count). The zero-order chi connectivity index (χ0) is 19.4. The van der Waals surface area contributed by atoms with Crippen LogP contribution in [0.25, 0.3) is 11.3 Å². The van der Waals surface area contributed by atoms with Crippen LogP contribution in [0.3, 0.4) is 0 Å². The predicted molar refractivity (Wildman–Crippen MR) is 109 cm³/mol. The standard InChI is InChI=1S/C21H21ClN4O/c1-21(2,3)16-8-4-14(5-9-16)13-23-26-20(27)19-12-18(24-25-19)15-6-10-17(22)11-7-15/h4-13H,1-3H3,(H,24,25)(H,26,27)/b23-13+. The summed E-state index contributed by atoms with van der Waals surface area (Å²) in [5, 5.41) is 11.5.